The lowest BCUT2D eigenvalue weighted by atomic mass is 10.1. The van der Waals surface area contributed by atoms with Crippen LogP contribution < -0.4 is 5.32 Å². The first-order valence-electron chi connectivity index (χ1n) is 9.75. The van der Waals surface area contributed by atoms with Crippen LogP contribution in [0.4, 0.5) is 18.9 Å². The van der Waals surface area contributed by atoms with Crippen LogP contribution in [0.15, 0.2) is 49.1 Å². The van der Waals surface area contributed by atoms with Gasteiger partial charge in [0, 0.05) is 0 Å². The van der Waals surface area contributed by atoms with Crippen LogP contribution in [0.3, 0.4) is 0 Å². The maximum absolute atomic E-state index is 14.0. The van der Waals surface area contributed by atoms with E-state index in [1.165, 1.54) is 49.8 Å². The Morgan fingerprint density at radius 2 is 1.83 bits per heavy atom. The molecule has 1 N–H and O–H groups in total. The summed E-state index contributed by atoms with van der Waals surface area (Å²) in [5.74, 6) is -1.16. The molecule has 0 atom stereocenters. The second-order valence-electron chi connectivity index (χ2n) is 7.23. The number of nitrogens with zero attached hydrogens (tertiary/aromatic N) is 6. The summed E-state index contributed by atoms with van der Waals surface area (Å²) < 4.78 is 64.5. The summed E-state index contributed by atoms with van der Waals surface area (Å²) in [6, 6.07) is 5.45. The van der Waals surface area contributed by atoms with E-state index < -0.39 is 34.0 Å². The number of pyridine rings is 1. The van der Waals surface area contributed by atoms with Crippen molar-refractivity contribution < 1.29 is 26.4 Å². The maximum atomic E-state index is 14.0. The highest BCUT2D eigenvalue weighted by Crippen LogP contribution is 2.35. The molecule has 4 rings (SSSR count). The van der Waals surface area contributed by atoms with Crippen LogP contribution in [0, 0.1) is 6.92 Å². The third kappa shape index (κ3) is 5.17. The van der Waals surface area contributed by atoms with Crippen molar-refractivity contribution in [2.24, 2.45) is 0 Å². The Hall–Kier alpha value is -3.78. The van der Waals surface area contributed by atoms with Crippen LogP contribution in [0.1, 0.15) is 27.2 Å². The van der Waals surface area contributed by atoms with E-state index in [1.807, 2.05) is 0 Å². The van der Waals surface area contributed by atoms with E-state index >= 15 is 0 Å². The lowest BCUT2D eigenvalue weighted by Crippen LogP contribution is -2.21. The van der Waals surface area contributed by atoms with Crippen LogP contribution in [0.5, 0.6) is 0 Å². The summed E-state index contributed by atoms with van der Waals surface area (Å²) in [6.07, 6.45) is -0.117. The number of carbonyl (C=O) groups excluding carboxylic acids is 1. The van der Waals surface area contributed by atoms with Gasteiger partial charge >= 0.3 is 6.18 Å². The topological polar surface area (TPSA) is 125 Å². The Labute approximate surface area is 202 Å². The molecule has 4 aromatic rings. The first kappa shape index (κ1) is 24.3. The van der Waals surface area contributed by atoms with Gasteiger partial charge in [0.1, 0.15) is 10.7 Å². The summed E-state index contributed by atoms with van der Waals surface area (Å²) in [4.78, 5) is 18.0. The Balaban J connectivity index is 1.67. The molecule has 15 heteroatoms. The third-order valence-corrected chi connectivity index (χ3v) is 5.67. The second kappa shape index (κ2) is 9.46. The van der Waals surface area contributed by atoms with E-state index in [4.69, 9.17) is 11.6 Å². The van der Waals surface area contributed by atoms with Crippen molar-refractivity contribution in [3.63, 3.8) is 0 Å². The summed E-state index contributed by atoms with van der Waals surface area (Å²) in [7, 11) is -2.70. The van der Waals surface area contributed by atoms with Crippen molar-refractivity contribution in [3.05, 3.63) is 76.5 Å². The number of hydrogen-bond donors (Lipinski definition) is 2. The van der Waals surface area contributed by atoms with Gasteiger partial charge in [-0.05, 0) is 30.2 Å². The number of amides is 1. The second-order valence-corrected chi connectivity index (χ2v) is 8.62. The Kier molecular flexibility index (Phi) is 6.58. The third-order valence-electron chi connectivity index (χ3n) is 4.77. The number of rotatable bonds is 6. The highest BCUT2D eigenvalue weighted by Gasteiger charge is 2.41. The fraction of sp³-hybridized carbons (Fsp3) is 0.150. The minimum absolute atomic E-state index is 0.0436. The van der Waals surface area contributed by atoms with E-state index in [-0.39, 0.29) is 28.0 Å². The van der Waals surface area contributed by atoms with Crippen LogP contribution in [-0.4, -0.2) is 44.1 Å². The van der Waals surface area contributed by atoms with Crippen molar-refractivity contribution in [1.82, 2.24) is 29.8 Å². The van der Waals surface area contributed by atoms with Crippen LogP contribution >= 0.6 is 11.6 Å². The standard InChI is InChI=1S/C20H15ClF3N7O3S/c1-11-6-12(10-35(33)34)2-3-16(11)30-17(20(22,23)24)14(9-28-30)19(32)29-13-7-15(21)18(25-8-13)31-26-4-5-27-31/h2-9,35H,10H2,1H3,(H,29,32). The predicted octanol–water partition coefficient (Wildman–Crippen LogP) is 3.19. The summed E-state index contributed by atoms with van der Waals surface area (Å²) in [5, 5.41) is 14.0. The Morgan fingerprint density at radius 1 is 1.11 bits per heavy atom. The number of thiol groups is 1. The molecule has 3 heterocycles. The number of benzene rings is 1. The van der Waals surface area contributed by atoms with Gasteiger partial charge < -0.3 is 5.32 Å². The average Bonchev–Trinajstić information content (AvgIpc) is 3.43. The summed E-state index contributed by atoms with van der Waals surface area (Å²) >= 11 is 6.15. The minimum Gasteiger partial charge on any atom is -0.320 e. The predicted molar refractivity (Wildman–Crippen MR) is 119 cm³/mol. The summed E-state index contributed by atoms with van der Waals surface area (Å²) in [5.41, 5.74) is -1.17. The van der Waals surface area contributed by atoms with E-state index in [0.29, 0.717) is 15.8 Å². The van der Waals surface area contributed by atoms with Crippen molar-refractivity contribution in [1.29, 1.82) is 0 Å². The summed E-state index contributed by atoms with van der Waals surface area (Å²) in [6.45, 7) is 1.52. The number of carbonyl (C=O) groups is 1. The van der Waals surface area contributed by atoms with Crippen molar-refractivity contribution in [2.75, 3.05) is 5.32 Å². The normalized spacial score (nSPS) is 11.7. The molecule has 0 aliphatic heterocycles. The molecular weight excluding hydrogens is 511 g/mol. The Bertz CT molecular complexity index is 1480. The van der Waals surface area contributed by atoms with Gasteiger partial charge in [0.25, 0.3) is 5.91 Å². The van der Waals surface area contributed by atoms with Crippen molar-refractivity contribution in [3.8, 4) is 11.5 Å². The quantitative estimate of drug-likeness (QED) is 0.370. The number of aryl methyl sites for hydroxylation is 1. The van der Waals surface area contributed by atoms with Crippen LogP contribution in [-0.2, 0) is 22.6 Å². The average molecular weight is 526 g/mol. The molecule has 0 spiro atoms. The lowest BCUT2D eigenvalue weighted by molar-refractivity contribution is -0.143. The number of hydrogen-bond acceptors (Lipinski definition) is 7. The molecule has 35 heavy (non-hydrogen) atoms. The van der Waals surface area contributed by atoms with Gasteiger partial charge in [-0.15, -0.1) is 4.80 Å². The number of anilines is 1. The molecule has 182 valence electrons. The van der Waals surface area contributed by atoms with Gasteiger partial charge in [0.15, 0.2) is 11.5 Å². The molecule has 10 nitrogen and oxygen atoms in total. The lowest BCUT2D eigenvalue weighted by Gasteiger charge is -2.15. The van der Waals surface area contributed by atoms with Crippen LogP contribution in [0.25, 0.3) is 11.5 Å². The number of halogens is 4. The molecular formula is C20H15ClF3N7O3S. The van der Waals surface area contributed by atoms with Gasteiger partial charge in [-0.1, -0.05) is 23.7 Å². The molecule has 1 amide bonds. The van der Waals surface area contributed by atoms with Crippen molar-refractivity contribution >= 4 is 33.9 Å². The molecule has 1 aromatic carbocycles. The van der Waals surface area contributed by atoms with Gasteiger partial charge in [-0.2, -0.15) is 28.5 Å². The number of aromatic nitrogens is 6. The largest absolute Gasteiger partial charge is 0.434 e. The van der Waals surface area contributed by atoms with Gasteiger partial charge in [-0.3, -0.25) is 4.79 Å². The van der Waals surface area contributed by atoms with Gasteiger partial charge in [-0.25, -0.2) is 18.1 Å². The van der Waals surface area contributed by atoms with E-state index in [0.717, 1.165) is 11.0 Å². The van der Waals surface area contributed by atoms with E-state index in [9.17, 15) is 26.4 Å². The molecule has 0 radical (unpaired) electrons. The van der Waals surface area contributed by atoms with Gasteiger partial charge in [0.2, 0.25) is 0 Å². The fourth-order valence-electron chi connectivity index (χ4n) is 3.34. The molecule has 0 bridgehead atoms. The first-order chi connectivity index (χ1) is 16.5. The molecule has 3 aromatic heterocycles. The SMILES string of the molecule is Cc1cc(C[SH](=O)=O)ccc1-n1ncc(C(=O)Nc2cnc(-n3nccn3)c(Cl)c2)c1C(F)(F)F. The molecule has 0 aliphatic rings. The molecule has 0 aliphatic carbocycles. The highest BCUT2D eigenvalue weighted by molar-refractivity contribution is 7.71. The molecule has 0 fully saturated rings. The number of nitrogens with one attached hydrogen (secondary N) is 1. The first-order valence-corrected chi connectivity index (χ1v) is 11.5. The zero-order chi connectivity index (χ0) is 25.3. The maximum Gasteiger partial charge on any atom is 0.434 e. The molecule has 0 saturated carbocycles. The van der Waals surface area contributed by atoms with E-state index in [1.54, 1.807) is 0 Å². The molecule has 0 unspecified atom stereocenters. The zero-order valence-electron chi connectivity index (χ0n) is 17.7. The Morgan fingerprint density at radius 3 is 2.43 bits per heavy atom. The van der Waals surface area contributed by atoms with Gasteiger partial charge in [0.05, 0.1) is 52.5 Å². The van der Waals surface area contributed by atoms with E-state index in [2.05, 4.69) is 25.6 Å². The fourth-order valence-corrected chi connectivity index (χ4v) is 4.08. The smallest absolute Gasteiger partial charge is 0.320 e. The monoisotopic (exact) mass is 525 g/mol. The van der Waals surface area contributed by atoms with Crippen molar-refractivity contribution in [2.45, 2.75) is 18.9 Å². The highest BCUT2D eigenvalue weighted by atomic mass is 35.5. The number of alkyl halides is 3. The minimum atomic E-state index is -4.93. The van der Waals surface area contributed by atoms with Crippen LogP contribution in [0.2, 0.25) is 5.02 Å². The zero-order valence-corrected chi connectivity index (χ0v) is 19.3. The molecule has 0 saturated heterocycles.